The molecule has 11 aromatic carbocycles. The van der Waals surface area contributed by atoms with Crippen LogP contribution in [0, 0.1) is 18.3 Å². The summed E-state index contributed by atoms with van der Waals surface area (Å²) in [4.78, 5) is 0. The number of hydrogen-bond donors (Lipinski definition) is 0. The van der Waals surface area contributed by atoms with Crippen LogP contribution in [-0.4, -0.2) is 18.3 Å². The van der Waals surface area contributed by atoms with Crippen LogP contribution in [0.25, 0.3) is 132 Å². The fourth-order valence-corrected chi connectivity index (χ4v) is 12.5. The first-order valence-corrected chi connectivity index (χ1v) is 25.6. The van der Waals surface area contributed by atoms with Gasteiger partial charge in [0.2, 0.25) is 0 Å². The van der Waals surface area contributed by atoms with E-state index in [0.29, 0.717) is 16.7 Å². The molecule has 0 unspecified atom stereocenters. The minimum absolute atomic E-state index is 0.467. The minimum atomic E-state index is -4.50. The highest BCUT2D eigenvalue weighted by Crippen LogP contribution is 2.48. The lowest BCUT2D eigenvalue weighted by atomic mass is 9.92. The van der Waals surface area contributed by atoms with E-state index in [2.05, 4.69) is 206 Å². The largest absolute Gasteiger partial charge is 0.416 e. The van der Waals surface area contributed by atoms with Crippen molar-refractivity contribution in [2.45, 2.75) is 13.1 Å². The van der Waals surface area contributed by atoms with E-state index >= 15 is 0 Å². The van der Waals surface area contributed by atoms with Gasteiger partial charge in [0.1, 0.15) is 0 Å². The SMILES string of the molecule is Cc1cc(C(F)(F)F)ccc1-c1ccc(-n2c3ccccc3c3c2ccc2c4ccccc4n(-c4ccccc4)c23)c(-c2cc(C#N)ccc2-n2c3ccccc3c3c2ccc2c4ccccc4n(-c4ccccc4)c23)c1. The summed E-state index contributed by atoms with van der Waals surface area (Å²) in [5.41, 5.74) is 15.3. The molecule has 0 fully saturated rings. The predicted octanol–water partition coefficient (Wildman–Crippen LogP) is 18.6. The number of alkyl halides is 3. The van der Waals surface area contributed by atoms with Crippen LogP contribution in [0.4, 0.5) is 13.2 Å². The Hall–Kier alpha value is -10.1. The zero-order valence-corrected chi connectivity index (χ0v) is 41.4. The Kier molecular flexibility index (Phi) is 9.63. The Morgan fingerprint density at radius 1 is 0.364 bits per heavy atom. The molecular weight excluding hydrogens is 956 g/mol. The van der Waals surface area contributed by atoms with Gasteiger partial charge in [-0.1, -0.05) is 133 Å². The maximum absolute atomic E-state index is 14.2. The van der Waals surface area contributed by atoms with Crippen LogP contribution in [0.5, 0.6) is 0 Å². The van der Waals surface area contributed by atoms with Crippen molar-refractivity contribution < 1.29 is 13.2 Å². The van der Waals surface area contributed by atoms with Crippen molar-refractivity contribution in [3.63, 3.8) is 0 Å². The number of aryl methyl sites for hydroxylation is 1. The van der Waals surface area contributed by atoms with Crippen LogP contribution in [0.15, 0.2) is 237 Å². The lowest BCUT2D eigenvalue weighted by Gasteiger charge is -2.20. The molecule has 0 atom stereocenters. The van der Waals surface area contributed by atoms with Gasteiger partial charge in [0.15, 0.2) is 0 Å². The van der Waals surface area contributed by atoms with Crippen molar-refractivity contribution >= 4 is 87.2 Å². The standard InChI is InChI=1S/C69H42F3N5/c1-42-38-45(69(70,71)72)30-31-48(42)44-29-35-62(77-60-27-15-11-23-54(60)66-64(77)37-33-52-50-21-9-13-25-58(50)75(68(52)66)47-18-6-3-7-19-47)56(40-44)55-39-43(41-73)28-34-61(55)76-59-26-14-10-22-53(59)65-63(76)36-32-51-49-20-8-12-24-57(49)74(67(51)65)46-16-4-2-5-17-46/h2-40H,1H3. The molecule has 0 saturated carbocycles. The monoisotopic (exact) mass is 997 g/mol. The summed E-state index contributed by atoms with van der Waals surface area (Å²) in [6, 6.07) is 82.5. The van der Waals surface area contributed by atoms with E-state index in [-0.39, 0.29) is 0 Å². The maximum atomic E-state index is 14.2. The maximum Gasteiger partial charge on any atom is 0.416 e. The molecule has 0 aliphatic rings. The van der Waals surface area contributed by atoms with Crippen LogP contribution in [-0.2, 0) is 6.18 Å². The smallest absolute Gasteiger partial charge is 0.309 e. The molecule has 0 saturated heterocycles. The van der Waals surface area contributed by atoms with Crippen molar-refractivity contribution in [3.8, 4) is 51.1 Å². The molecule has 15 rings (SSSR count). The molecule has 364 valence electrons. The van der Waals surface area contributed by atoms with Crippen molar-refractivity contribution in [2.24, 2.45) is 0 Å². The van der Waals surface area contributed by atoms with E-state index in [1.165, 1.54) is 6.07 Å². The molecule has 0 spiro atoms. The first-order valence-electron chi connectivity index (χ1n) is 25.6. The van der Waals surface area contributed by atoms with Gasteiger partial charge in [0, 0.05) is 65.6 Å². The Bertz CT molecular complexity index is 4990. The Morgan fingerprint density at radius 2 is 0.805 bits per heavy atom. The molecule has 0 bridgehead atoms. The molecule has 5 nitrogen and oxygen atoms in total. The lowest BCUT2D eigenvalue weighted by molar-refractivity contribution is -0.137. The summed E-state index contributed by atoms with van der Waals surface area (Å²) in [6.45, 7) is 1.73. The summed E-state index contributed by atoms with van der Waals surface area (Å²) in [5, 5.41) is 19.7. The Labute approximate surface area is 439 Å². The van der Waals surface area contributed by atoms with Crippen LogP contribution in [0.1, 0.15) is 16.7 Å². The first kappa shape index (κ1) is 44.4. The van der Waals surface area contributed by atoms with Crippen molar-refractivity contribution in [1.29, 1.82) is 5.26 Å². The summed E-state index contributed by atoms with van der Waals surface area (Å²) < 4.78 is 52.0. The molecule has 0 N–H and O–H groups in total. The molecule has 4 heterocycles. The van der Waals surface area contributed by atoms with Gasteiger partial charge in [-0.05, 0) is 127 Å². The van der Waals surface area contributed by atoms with Gasteiger partial charge in [-0.15, -0.1) is 0 Å². The third-order valence-corrected chi connectivity index (χ3v) is 15.7. The number of halogens is 3. The number of nitriles is 1. The van der Waals surface area contributed by atoms with E-state index in [9.17, 15) is 18.4 Å². The molecule has 0 aliphatic carbocycles. The van der Waals surface area contributed by atoms with Crippen molar-refractivity contribution in [3.05, 3.63) is 253 Å². The summed E-state index contributed by atoms with van der Waals surface area (Å²) in [5.74, 6) is 0. The van der Waals surface area contributed by atoms with Gasteiger partial charge in [-0.3, -0.25) is 0 Å². The van der Waals surface area contributed by atoms with E-state index < -0.39 is 11.7 Å². The normalized spacial score (nSPS) is 12.1. The Balaban J connectivity index is 1.07. The van der Waals surface area contributed by atoms with Crippen molar-refractivity contribution in [1.82, 2.24) is 18.3 Å². The second kappa shape index (κ2) is 16.7. The second-order valence-corrected chi connectivity index (χ2v) is 19.9. The van der Waals surface area contributed by atoms with Crippen LogP contribution in [0.3, 0.4) is 0 Å². The summed E-state index contributed by atoms with van der Waals surface area (Å²) in [6.07, 6.45) is -4.50. The van der Waals surface area contributed by atoms with Crippen molar-refractivity contribution in [2.75, 3.05) is 0 Å². The number of rotatable bonds is 6. The molecule has 77 heavy (non-hydrogen) atoms. The molecule has 0 radical (unpaired) electrons. The van der Waals surface area contributed by atoms with E-state index in [0.717, 1.165) is 133 Å². The van der Waals surface area contributed by atoms with E-state index in [1.807, 2.05) is 36.4 Å². The topological polar surface area (TPSA) is 43.5 Å². The molecule has 8 heteroatoms. The summed E-state index contributed by atoms with van der Waals surface area (Å²) >= 11 is 0. The molecule has 0 amide bonds. The molecule has 4 aromatic heterocycles. The quantitative estimate of drug-likeness (QED) is 0.164. The average molecular weight is 998 g/mol. The number of fused-ring (bicyclic) bond motifs is 14. The minimum Gasteiger partial charge on any atom is -0.309 e. The molecule has 0 aliphatic heterocycles. The molecule has 15 aromatic rings. The number of nitrogens with zero attached hydrogens (tertiary/aromatic N) is 5. The highest BCUT2D eigenvalue weighted by atomic mass is 19.4. The van der Waals surface area contributed by atoms with Gasteiger partial charge >= 0.3 is 6.18 Å². The number of hydrogen-bond acceptors (Lipinski definition) is 1. The number of para-hydroxylation sites is 6. The lowest BCUT2D eigenvalue weighted by Crippen LogP contribution is -2.05. The van der Waals surface area contributed by atoms with Crippen LogP contribution < -0.4 is 0 Å². The van der Waals surface area contributed by atoms with Gasteiger partial charge in [-0.2, -0.15) is 18.4 Å². The third-order valence-electron chi connectivity index (χ3n) is 15.7. The van der Waals surface area contributed by atoms with Gasteiger partial charge < -0.3 is 18.3 Å². The van der Waals surface area contributed by atoms with Crippen LogP contribution in [0.2, 0.25) is 0 Å². The number of aromatic nitrogens is 4. The zero-order chi connectivity index (χ0) is 51.7. The fraction of sp³-hybridized carbons (Fsp3) is 0.0290. The van der Waals surface area contributed by atoms with E-state index in [4.69, 9.17) is 0 Å². The van der Waals surface area contributed by atoms with Gasteiger partial charge in [-0.25, -0.2) is 0 Å². The zero-order valence-electron chi connectivity index (χ0n) is 41.4. The van der Waals surface area contributed by atoms with Gasteiger partial charge in [0.25, 0.3) is 0 Å². The van der Waals surface area contributed by atoms with Crippen LogP contribution >= 0.6 is 0 Å². The summed E-state index contributed by atoms with van der Waals surface area (Å²) in [7, 11) is 0. The fourth-order valence-electron chi connectivity index (χ4n) is 12.5. The first-order chi connectivity index (χ1) is 37.7. The average Bonchev–Trinajstić information content (AvgIpc) is 4.41. The second-order valence-electron chi connectivity index (χ2n) is 19.9. The highest BCUT2D eigenvalue weighted by Gasteiger charge is 2.31. The predicted molar refractivity (Wildman–Crippen MR) is 309 cm³/mol. The number of benzene rings is 11. The third kappa shape index (κ3) is 6.54. The molecular formula is C69H42F3N5. The Morgan fingerprint density at radius 3 is 1.29 bits per heavy atom. The van der Waals surface area contributed by atoms with Gasteiger partial charge in [0.05, 0.1) is 72.7 Å². The highest BCUT2D eigenvalue weighted by molar-refractivity contribution is 6.28. The van der Waals surface area contributed by atoms with E-state index in [1.54, 1.807) is 13.0 Å².